The third kappa shape index (κ3) is 4.45. The molecule has 0 radical (unpaired) electrons. The van der Waals surface area contributed by atoms with Crippen LogP contribution >= 0.6 is 11.6 Å². The van der Waals surface area contributed by atoms with Crippen LogP contribution < -0.4 is 14.8 Å². The summed E-state index contributed by atoms with van der Waals surface area (Å²) < 4.78 is 11.6. The molecule has 0 saturated heterocycles. The molecular formula is C23H27ClN4O3. The third-order valence-corrected chi connectivity index (χ3v) is 6.07. The fraction of sp³-hybridized carbons (Fsp3) is 0.478. The standard InChI is InChI=1S/C23H27ClN4O3/c1-6-9-30-21-26-12-15(13-27-21)18(29)28-19-22(2,3)20(23(19,4)5)31-16-8-7-14(11-25)17(24)10-16/h7-8,10,12-13,19-20H,6,9H2,1-5H3,(H,28,29). The van der Waals surface area contributed by atoms with Crippen molar-refractivity contribution >= 4 is 17.5 Å². The summed E-state index contributed by atoms with van der Waals surface area (Å²) in [7, 11) is 0. The molecule has 0 bridgehead atoms. The summed E-state index contributed by atoms with van der Waals surface area (Å²) in [5.74, 6) is 0.351. The molecule has 1 aromatic carbocycles. The predicted molar refractivity (Wildman–Crippen MR) is 117 cm³/mol. The molecule has 164 valence electrons. The number of nitriles is 1. The summed E-state index contributed by atoms with van der Waals surface area (Å²) in [4.78, 5) is 21.0. The molecule has 3 rings (SSSR count). The van der Waals surface area contributed by atoms with Crippen molar-refractivity contribution in [3.05, 3.63) is 46.7 Å². The van der Waals surface area contributed by atoms with Gasteiger partial charge in [-0.05, 0) is 18.6 Å². The topological polar surface area (TPSA) is 97.1 Å². The molecule has 0 unspecified atom stereocenters. The maximum Gasteiger partial charge on any atom is 0.316 e. The van der Waals surface area contributed by atoms with E-state index in [9.17, 15) is 4.79 Å². The van der Waals surface area contributed by atoms with E-state index in [1.165, 1.54) is 12.4 Å². The molecular weight excluding hydrogens is 416 g/mol. The predicted octanol–water partition coefficient (Wildman–Crippen LogP) is 4.40. The van der Waals surface area contributed by atoms with Gasteiger partial charge in [0.15, 0.2) is 0 Å². The molecule has 1 aromatic heterocycles. The van der Waals surface area contributed by atoms with Crippen molar-refractivity contribution in [1.82, 2.24) is 15.3 Å². The Morgan fingerprint density at radius 1 is 1.23 bits per heavy atom. The van der Waals surface area contributed by atoms with Gasteiger partial charge in [-0.2, -0.15) is 5.26 Å². The summed E-state index contributed by atoms with van der Waals surface area (Å²) in [6.45, 7) is 10.7. The third-order valence-electron chi connectivity index (χ3n) is 5.76. The maximum atomic E-state index is 12.8. The zero-order valence-electron chi connectivity index (χ0n) is 18.4. The summed E-state index contributed by atoms with van der Waals surface area (Å²) in [6.07, 6.45) is 3.63. The van der Waals surface area contributed by atoms with Crippen molar-refractivity contribution in [2.24, 2.45) is 10.8 Å². The second-order valence-corrected chi connectivity index (χ2v) is 9.31. The number of nitrogens with zero attached hydrogens (tertiary/aromatic N) is 3. The van der Waals surface area contributed by atoms with Crippen LogP contribution in [0.25, 0.3) is 0 Å². The highest BCUT2D eigenvalue weighted by Crippen LogP contribution is 2.55. The van der Waals surface area contributed by atoms with Crippen molar-refractivity contribution in [3.63, 3.8) is 0 Å². The fourth-order valence-electron chi connectivity index (χ4n) is 4.51. The SMILES string of the molecule is CCCOc1ncc(C(=O)NC2C(C)(C)C(Oc3ccc(C#N)c(Cl)c3)C2(C)C)cn1. The van der Waals surface area contributed by atoms with Crippen molar-refractivity contribution in [2.45, 2.75) is 53.2 Å². The van der Waals surface area contributed by atoms with Gasteiger partial charge < -0.3 is 14.8 Å². The zero-order chi connectivity index (χ0) is 22.8. The van der Waals surface area contributed by atoms with E-state index in [1.807, 2.05) is 13.0 Å². The average Bonchev–Trinajstić information content (AvgIpc) is 2.74. The minimum atomic E-state index is -0.343. The molecule has 1 N–H and O–H groups in total. The van der Waals surface area contributed by atoms with Gasteiger partial charge in [0.1, 0.15) is 17.9 Å². The maximum absolute atomic E-state index is 12.8. The number of halogens is 1. The van der Waals surface area contributed by atoms with Gasteiger partial charge in [-0.25, -0.2) is 9.97 Å². The molecule has 1 aliphatic rings. The summed E-state index contributed by atoms with van der Waals surface area (Å²) in [5.41, 5.74) is 0.0908. The van der Waals surface area contributed by atoms with Crippen LogP contribution in [0, 0.1) is 22.2 Å². The molecule has 7 nitrogen and oxygen atoms in total. The summed E-state index contributed by atoms with van der Waals surface area (Å²) in [6, 6.07) is 7.20. The Hall–Kier alpha value is -2.85. The van der Waals surface area contributed by atoms with E-state index in [4.69, 9.17) is 26.3 Å². The number of hydrogen-bond acceptors (Lipinski definition) is 6. The minimum Gasteiger partial charge on any atom is -0.489 e. The van der Waals surface area contributed by atoms with Gasteiger partial charge in [-0.15, -0.1) is 0 Å². The fourth-order valence-corrected chi connectivity index (χ4v) is 4.72. The normalized spacial score (nSPS) is 20.8. The molecule has 1 aliphatic carbocycles. The number of carbonyl (C=O) groups is 1. The Labute approximate surface area is 187 Å². The highest BCUT2D eigenvalue weighted by molar-refractivity contribution is 6.31. The van der Waals surface area contributed by atoms with Gasteiger partial charge >= 0.3 is 6.01 Å². The van der Waals surface area contributed by atoms with E-state index in [2.05, 4.69) is 43.0 Å². The lowest BCUT2D eigenvalue weighted by Crippen LogP contribution is -2.74. The van der Waals surface area contributed by atoms with Crippen LogP contribution in [0.2, 0.25) is 5.02 Å². The van der Waals surface area contributed by atoms with E-state index in [-0.39, 0.29) is 34.9 Å². The Bertz CT molecular complexity index is 983. The number of amides is 1. The van der Waals surface area contributed by atoms with Crippen LogP contribution in [0.5, 0.6) is 11.8 Å². The van der Waals surface area contributed by atoms with Crippen LogP contribution in [0.1, 0.15) is 57.0 Å². The van der Waals surface area contributed by atoms with Gasteiger partial charge in [0, 0.05) is 35.3 Å². The van der Waals surface area contributed by atoms with Crippen LogP contribution in [0.3, 0.4) is 0 Å². The molecule has 8 heteroatoms. The van der Waals surface area contributed by atoms with Gasteiger partial charge in [-0.1, -0.05) is 46.2 Å². The highest BCUT2D eigenvalue weighted by atomic mass is 35.5. The first-order valence-corrected chi connectivity index (χ1v) is 10.6. The summed E-state index contributed by atoms with van der Waals surface area (Å²) in [5, 5.41) is 12.5. The molecule has 2 aromatic rings. The monoisotopic (exact) mass is 442 g/mol. The highest BCUT2D eigenvalue weighted by Gasteiger charge is 2.64. The number of carbonyl (C=O) groups excluding carboxylic acids is 1. The minimum absolute atomic E-state index is 0.137. The first-order valence-electron chi connectivity index (χ1n) is 10.2. The van der Waals surface area contributed by atoms with Crippen molar-refractivity contribution in [3.8, 4) is 17.8 Å². The molecule has 1 saturated carbocycles. The quantitative estimate of drug-likeness (QED) is 0.682. The first-order chi connectivity index (χ1) is 14.6. The zero-order valence-corrected chi connectivity index (χ0v) is 19.2. The molecule has 1 amide bonds. The molecule has 31 heavy (non-hydrogen) atoms. The molecule has 1 heterocycles. The first kappa shape index (κ1) is 22.8. The molecule has 0 aliphatic heterocycles. The number of ether oxygens (including phenoxy) is 2. The van der Waals surface area contributed by atoms with Crippen LogP contribution in [-0.2, 0) is 0 Å². The van der Waals surface area contributed by atoms with E-state index in [0.29, 0.717) is 28.5 Å². The van der Waals surface area contributed by atoms with E-state index >= 15 is 0 Å². The number of nitrogens with one attached hydrogen (secondary N) is 1. The van der Waals surface area contributed by atoms with Gasteiger partial charge in [0.2, 0.25) is 0 Å². The van der Waals surface area contributed by atoms with Crippen LogP contribution in [0.15, 0.2) is 30.6 Å². The van der Waals surface area contributed by atoms with Gasteiger partial charge in [0.05, 0.1) is 22.8 Å². The Balaban J connectivity index is 1.70. The summed E-state index contributed by atoms with van der Waals surface area (Å²) >= 11 is 6.14. The molecule has 1 fully saturated rings. The number of aromatic nitrogens is 2. The lowest BCUT2D eigenvalue weighted by Gasteiger charge is -2.63. The van der Waals surface area contributed by atoms with E-state index in [0.717, 1.165) is 6.42 Å². The number of benzene rings is 1. The van der Waals surface area contributed by atoms with E-state index in [1.54, 1.807) is 18.2 Å². The second kappa shape index (κ2) is 8.72. The van der Waals surface area contributed by atoms with E-state index < -0.39 is 0 Å². The van der Waals surface area contributed by atoms with Crippen molar-refractivity contribution < 1.29 is 14.3 Å². The van der Waals surface area contributed by atoms with Crippen LogP contribution in [-0.4, -0.2) is 34.6 Å². The van der Waals surface area contributed by atoms with Crippen molar-refractivity contribution in [1.29, 1.82) is 5.26 Å². The number of hydrogen-bond donors (Lipinski definition) is 1. The Kier molecular flexibility index (Phi) is 6.42. The molecule has 0 atom stereocenters. The van der Waals surface area contributed by atoms with Gasteiger partial charge in [-0.3, -0.25) is 4.79 Å². The Morgan fingerprint density at radius 3 is 2.42 bits per heavy atom. The molecule has 0 spiro atoms. The lowest BCUT2D eigenvalue weighted by atomic mass is 9.49. The van der Waals surface area contributed by atoms with Gasteiger partial charge in [0.25, 0.3) is 5.91 Å². The lowest BCUT2D eigenvalue weighted by molar-refractivity contribution is -0.164. The van der Waals surface area contributed by atoms with Crippen LogP contribution in [0.4, 0.5) is 0 Å². The Morgan fingerprint density at radius 2 is 1.87 bits per heavy atom. The smallest absolute Gasteiger partial charge is 0.316 e. The van der Waals surface area contributed by atoms with Crippen molar-refractivity contribution in [2.75, 3.05) is 6.61 Å². The number of rotatable bonds is 7. The average molecular weight is 443 g/mol. The second-order valence-electron chi connectivity index (χ2n) is 8.90. The largest absolute Gasteiger partial charge is 0.489 e.